The minimum Gasteiger partial charge on any atom is -0.340 e. The van der Waals surface area contributed by atoms with Crippen LogP contribution < -0.4 is 5.73 Å². The molecule has 0 aliphatic rings. The lowest BCUT2D eigenvalue weighted by atomic mass is 9.97. The van der Waals surface area contributed by atoms with Gasteiger partial charge in [-0.3, -0.25) is 4.79 Å². The lowest BCUT2D eigenvalue weighted by Gasteiger charge is -2.23. The molecule has 4 heteroatoms. The van der Waals surface area contributed by atoms with Crippen LogP contribution in [0.25, 0.3) is 0 Å². The average molecular weight is 306 g/mol. The van der Waals surface area contributed by atoms with Gasteiger partial charge < -0.3 is 10.6 Å². The van der Waals surface area contributed by atoms with Gasteiger partial charge in [-0.2, -0.15) is 0 Å². The summed E-state index contributed by atoms with van der Waals surface area (Å²) in [7, 11) is 1.89. The van der Waals surface area contributed by atoms with E-state index in [2.05, 4.69) is 25.7 Å². The van der Waals surface area contributed by atoms with Crippen LogP contribution in [0.5, 0.6) is 0 Å². The van der Waals surface area contributed by atoms with Crippen molar-refractivity contribution in [2.24, 2.45) is 11.7 Å². The molecule has 1 heterocycles. The molecule has 21 heavy (non-hydrogen) atoms. The predicted molar refractivity (Wildman–Crippen MR) is 90.0 cm³/mol. The van der Waals surface area contributed by atoms with Gasteiger partial charge in [-0.15, -0.1) is 11.3 Å². The Morgan fingerprint density at radius 3 is 2.62 bits per heavy atom. The summed E-state index contributed by atoms with van der Waals surface area (Å²) in [6.45, 7) is 5.31. The number of carbonyl (C=O) groups excluding carboxylic acids is 1. The van der Waals surface area contributed by atoms with Gasteiger partial charge in [-0.1, -0.05) is 38.5 Å². The molecule has 2 N–H and O–H groups in total. The fourth-order valence-corrected chi connectivity index (χ4v) is 3.26. The number of nitrogens with zero attached hydrogens (tertiary/aromatic N) is 1. The molecular weight excluding hydrogens is 280 g/mol. The quantitative estimate of drug-likeness (QED) is 0.786. The Morgan fingerprint density at radius 2 is 2.05 bits per heavy atom. The summed E-state index contributed by atoms with van der Waals surface area (Å²) in [4.78, 5) is 15.5. The predicted octanol–water partition coefficient (Wildman–Crippen LogP) is 3.23. The molecule has 1 aromatic rings. The van der Waals surface area contributed by atoms with Crippen molar-refractivity contribution in [3.05, 3.63) is 21.9 Å². The van der Waals surface area contributed by atoms with E-state index in [4.69, 9.17) is 5.73 Å². The third-order valence-corrected chi connectivity index (χ3v) is 4.30. The van der Waals surface area contributed by atoms with Crippen molar-refractivity contribution in [1.82, 2.24) is 4.90 Å². The largest absolute Gasteiger partial charge is 0.340 e. The first-order valence-corrected chi connectivity index (χ1v) is 8.51. The molecule has 0 atom stereocenters. The highest BCUT2D eigenvalue weighted by Crippen LogP contribution is 2.20. The zero-order valence-corrected chi connectivity index (χ0v) is 14.1. The monoisotopic (exact) mass is 306 g/mol. The minimum atomic E-state index is 0.168. The molecule has 3 nitrogen and oxygen atoms in total. The number of thiophene rings is 1. The van der Waals surface area contributed by atoms with Gasteiger partial charge in [0.2, 0.25) is 5.91 Å². The molecule has 0 aliphatic heterocycles. The average Bonchev–Trinajstić information content (AvgIpc) is 2.91. The molecule has 0 spiro atoms. The Morgan fingerprint density at radius 1 is 1.38 bits per heavy atom. The highest BCUT2D eigenvalue weighted by Gasteiger charge is 2.20. The van der Waals surface area contributed by atoms with Gasteiger partial charge in [0.15, 0.2) is 0 Å². The Balaban J connectivity index is 2.64. The second-order valence-electron chi connectivity index (χ2n) is 5.28. The molecule has 1 amide bonds. The summed E-state index contributed by atoms with van der Waals surface area (Å²) in [6.07, 6.45) is 4.08. The SMILES string of the molecule is CCCC(CCC)C(=O)N(C)Cc1cc(C#CCN)cs1. The maximum atomic E-state index is 12.5. The maximum absolute atomic E-state index is 12.5. The van der Waals surface area contributed by atoms with Crippen molar-refractivity contribution in [2.45, 2.75) is 46.1 Å². The highest BCUT2D eigenvalue weighted by molar-refractivity contribution is 7.10. The van der Waals surface area contributed by atoms with E-state index >= 15 is 0 Å². The van der Waals surface area contributed by atoms with E-state index in [9.17, 15) is 4.79 Å². The zero-order valence-electron chi connectivity index (χ0n) is 13.3. The number of carbonyl (C=O) groups is 1. The number of rotatable bonds is 7. The van der Waals surface area contributed by atoms with Gasteiger partial charge in [0.25, 0.3) is 0 Å². The summed E-state index contributed by atoms with van der Waals surface area (Å²) in [5.74, 6) is 6.31. The summed E-state index contributed by atoms with van der Waals surface area (Å²) < 4.78 is 0. The van der Waals surface area contributed by atoms with Gasteiger partial charge in [0, 0.05) is 28.8 Å². The summed E-state index contributed by atoms with van der Waals surface area (Å²) in [5.41, 5.74) is 6.36. The van der Waals surface area contributed by atoms with Gasteiger partial charge in [-0.05, 0) is 18.9 Å². The summed E-state index contributed by atoms with van der Waals surface area (Å²) in [6, 6.07) is 2.05. The van der Waals surface area contributed by atoms with Crippen LogP contribution in [0.4, 0.5) is 0 Å². The normalized spacial score (nSPS) is 10.3. The first-order valence-electron chi connectivity index (χ1n) is 7.63. The van der Waals surface area contributed by atoms with E-state index in [1.54, 1.807) is 11.3 Å². The first kappa shape index (κ1) is 17.7. The molecule has 0 saturated carbocycles. The summed E-state index contributed by atoms with van der Waals surface area (Å²) in [5, 5.41) is 2.02. The molecule has 0 radical (unpaired) electrons. The lowest BCUT2D eigenvalue weighted by molar-refractivity contribution is -0.135. The van der Waals surface area contributed by atoms with E-state index in [-0.39, 0.29) is 11.8 Å². The van der Waals surface area contributed by atoms with Crippen molar-refractivity contribution in [2.75, 3.05) is 13.6 Å². The second-order valence-corrected chi connectivity index (χ2v) is 6.27. The molecule has 1 rings (SSSR count). The standard InChI is InChI=1S/C17H26N2OS/c1-4-7-15(8-5-2)17(20)19(3)12-16-11-14(13-21-16)9-6-10-18/h11,13,15H,4-5,7-8,10,12,18H2,1-3H3. The number of hydrogen-bond acceptors (Lipinski definition) is 3. The van der Waals surface area contributed by atoms with E-state index < -0.39 is 0 Å². The van der Waals surface area contributed by atoms with Crippen LogP contribution in [0.15, 0.2) is 11.4 Å². The third kappa shape index (κ3) is 5.91. The molecule has 0 aliphatic carbocycles. The van der Waals surface area contributed by atoms with Crippen molar-refractivity contribution in [3.8, 4) is 11.8 Å². The fraction of sp³-hybridized carbons (Fsp3) is 0.588. The van der Waals surface area contributed by atoms with Gasteiger partial charge in [0.05, 0.1) is 13.1 Å². The van der Waals surface area contributed by atoms with Crippen LogP contribution >= 0.6 is 11.3 Å². The number of hydrogen-bond donors (Lipinski definition) is 1. The molecule has 0 bridgehead atoms. The zero-order chi connectivity index (χ0) is 15.7. The van der Waals surface area contributed by atoms with Crippen molar-refractivity contribution >= 4 is 17.2 Å². The van der Waals surface area contributed by atoms with Crippen LogP contribution in [0.2, 0.25) is 0 Å². The maximum Gasteiger partial charge on any atom is 0.225 e. The molecule has 0 unspecified atom stereocenters. The van der Waals surface area contributed by atoms with E-state index in [0.29, 0.717) is 13.1 Å². The van der Waals surface area contributed by atoms with Gasteiger partial charge >= 0.3 is 0 Å². The van der Waals surface area contributed by atoms with Gasteiger partial charge in [0.1, 0.15) is 0 Å². The topological polar surface area (TPSA) is 46.3 Å². The van der Waals surface area contributed by atoms with E-state index in [1.807, 2.05) is 23.4 Å². The molecular formula is C17H26N2OS. The molecule has 1 aromatic heterocycles. The van der Waals surface area contributed by atoms with E-state index in [1.165, 1.54) is 4.88 Å². The molecule has 116 valence electrons. The minimum absolute atomic E-state index is 0.168. The molecule has 0 aromatic carbocycles. The van der Waals surface area contributed by atoms with Crippen LogP contribution in [0, 0.1) is 17.8 Å². The van der Waals surface area contributed by atoms with Crippen molar-refractivity contribution < 1.29 is 4.79 Å². The fourth-order valence-electron chi connectivity index (χ4n) is 2.39. The van der Waals surface area contributed by atoms with Crippen LogP contribution in [0.3, 0.4) is 0 Å². The lowest BCUT2D eigenvalue weighted by Crippen LogP contribution is -2.32. The molecule has 0 fully saturated rings. The first-order chi connectivity index (χ1) is 10.1. The van der Waals surface area contributed by atoms with Crippen molar-refractivity contribution in [1.29, 1.82) is 0 Å². The Bertz CT molecular complexity index is 492. The van der Waals surface area contributed by atoms with Crippen LogP contribution in [-0.4, -0.2) is 24.4 Å². The Hall–Kier alpha value is -1.31. The second kappa shape index (κ2) is 9.59. The number of nitrogens with two attached hydrogens (primary N) is 1. The van der Waals surface area contributed by atoms with Crippen LogP contribution in [-0.2, 0) is 11.3 Å². The third-order valence-electron chi connectivity index (χ3n) is 3.38. The van der Waals surface area contributed by atoms with E-state index in [0.717, 1.165) is 31.2 Å². The van der Waals surface area contributed by atoms with Gasteiger partial charge in [-0.25, -0.2) is 0 Å². The highest BCUT2D eigenvalue weighted by atomic mass is 32.1. The smallest absolute Gasteiger partial charge is 0.225 e. The van der Waals surface area contributed by atoms with Crippen molar-refractivity contribution in [3.63, 3.8) is 0 Å². The van der Waals surface area contributed by atoms with Crippen LogP contribution in [0.1, 0.15) is 50.0 Å². The Labute approximate surface area is 132 Å². The number of amides is 1. The molecule has 0 saturated heterocycles. The summed E-state index contributed by atoms with van der Waals surface area (Å²) >= 11 is 1.65. The Kier molecular flexibility index (Phi) is 8.11.